The summed E-state index contributed by atoms with van der Waals surface area (Å²) in [6.45, 7) is 0. The molecule has 0 atom stereocenters. The second-order valence-corrected chi connectivity index (χ2v) is 4.81. The van der Waals surface area contributed by atoms with Crippen LogP contribution in [0.3, 0.4) is 0 Å². The molecule has 0 amide bonds. The van der Waals surface area contributed by atoms with Crippen LogP contribution in [0.1, 0.15) is 5.56 Å². The lowest BCUT2D eigenvalue weighted by Gasteiger charge is -2.07. The van der Waals surface area contributed by atoms with E-state index >= 15 is 0 Å². The van der Waals surface area contributed by atoms with E-state index in [1.54, 1.807) is 38.6 Å². The summed E-state index contributed by atoms with van der Waals surface area (Å²) < 4.78 is 10.4. The SMILES string of the molecule is COc1ccc(/C=N\Nc2ncc(Cl)cc2Cl)cc1OC. The molecule has 1 aromatic carbocycles. The van der Waals surface area contributed by atoms with Crippen molar-refractivity contribution < 1.29 is 9.47 Å². The Kier molecular flexibility index (Phi) is 5.25. The number of nitrogens with zero attached hydrogens (tertiary/aromatic N) is 2. The van der Waals surface area contributed by atoms with E-state index in [1.807, 2.05) is 6.07 Å². The van der Waals surface area contributed by atoms with Crippen LogP contribution < -0.4 is 14.9 Å². The molecule has 21 heavy (non-hydrogen) atoms. The number of aromatic nitrogens is 1. The molecule has 2 aromatic rings. The molecule has 2 rings (SSSR count). The fraction of sp³-hybridized carbons (Fsp3) is 0.143. The van der Waals surface area contributed by atoms with E-state index in [1.165, 1.54) is 6.20 Å². The van der Waals surface area contributed by atoms with Gasteiger partial charge in [-0.2, -0.15) is 5.10 Å². The lowest BCUT2D eigenvalue weighted by atomic mass is 10.2. The molecular formula is C14H13Cl2N3O2. The molecule has 0 aliphatic heterocycles. The maximum Gasteiger partial charge on any atom is 0.165 e. The number of halogens is 2. The predicted molar refractivity (Wildman–Crippen MR) is 85.0 cm³/mol. The van der Waals surface area contributed by atoms with Gasteiger partial charge in [0.25, 0.3) is 0 Å². The Hall–Kier alpha value is -1.98. The van der Waals surface area contributed by atoms with E-state index in [0.717, 1.165) is 5.56 Å². The minimum atomic E-state index is 0.395. The fourth-order valence-corrected chi connectivity index (χ4v) is 2.02. The van der Waals surface area contributed by atoms with E-state index in [0.29, 0.717) is 27.4 Å². The second-order valence-electron chi connectivity index (χ2n) is 3.97. The Morgan fingerprint density at radius 3 is 2.57 bits per heavy atom. The molecule has 1 heterocycles. The van der Waals surface area contributed by atoms with Crippen LogP contribution in [-0.2, 0) is 0 Å². The molecule has 1 aromatic heterocycles. The zero-order valence-corrected chi connectivity index (χ0v) is 12.9. The molecule has 0 saturated heterocycles. The summed E-state index contributed by atoms with van der Waals surface area (Å²) in [5.74, 6) is 1.71. The second kappa shape index (κ2) is 7.15. The van der Waals surface area contributed by atoms with Gasteiger partial charge in [-0.05, 0) is 29.8 Å². The number of hydrogen-bond donors (Lipinski definition) is 1. The van der Waals surface area contributed by atoms with Crippen LogP contribution in [0.2, 0.25) is 10.0 Å². The Bertz CT molecular complexity index is 663. The minimum absolute atomic E-state index is 0.395. The summed E-state index contributed by atoms with van der Waals surface area (Å²) in [6, 6.07) is 7.04. The number of ether oxygens (including phenoxy) is 2. The van der Waals surface area contributed by atoms with Gasteiger partial charge >= 0.3 is 0 Å². The largest absolute Gasteiger partial charge is 0.493 e. The molecular weight excluding hydrogens is 313 g/mol. The number of nitrogens with one attached hydrogen (secondary N) is 1. The fourth-order valence-electron chi connectivity index (χ4n) is 1.60. The van der Waals surface area contributed by atoms with E-state index in [2.05, 4.69) is 15.5 Å². The van der Waals surface area contributed by atoms with Crippen molar-refractivity contribution in [1.29, 1.82) is 0 Å². The summed E-state index contributed by atoms with van der Waals surface area (Å²) in [5.41, 5.74) is 3.59. The van der Waals surface area contributed by atoms with Crippen LogP contribution in [0, 0.1) is 0 Å². The normalized spacial score (nSPS) is 10.7. The van der Waals surface area contributed by atoms with Gasteiger partial charge in [0.1, 0.15) is 0 Å². The molecule has 5 nitrogen and oxygen atoms in total. The highest BCUT2D eigenvalue weighted by atomic mass is 35.5. The molecule has 0 radical (unpaired) electrons. The third kappa shape index (κ3) is 4.00. The summed E-state index contributed by atoms with van der Waals surface area (Å²) in [5, 5.41) is 4.93. The average molecular weight is 326 g/mol. The quantitative estimate of drug-likeness (QED) is 0.670. The first kappa shape index (κ1) is 15.4. The predicted octanol–water partition coefficient (Wildman–Crippen LogP) is 3.85. The molecule has 0 spiro atoms. The lowest BCUT2D eigenvalue weighted by molar-refractivity contribution is 0.355. The third-order valence-electron chi connectivity index (χ3n) is 2.60. The Labute approximate surface area is 132 Å². The number of rotatable bonds is 5. The van der Waals surface area contributed by atoms with Crippen molar-refractivity contribution in [3.63, 3.8) is 0 Å². The van der Waals surface area contributed by atoms with Crippen molar-refractivity contribution in [2.45, 2.75) is 0 Å². The summed E-state index contributed by atoms with van der Waals surface area (Å²) in [7, 11) is 3.16. The van der Waals surface area contributed by atoms with Gasteiger partial charge in [0.2, 0.25) is 0 Å². The highest BCUT2D eigenvalue weighted by molar-refractivity contribution is 6.35. The molecule has 0 aliphatic rings. The number of hydrazone groups is 1. The van der Waals surface area contributed by atoms with Gasteiger partial charge in [-0.1, -0.05) is 23.2 Å². The van der Waals surface area contributed by atoms with Gasteiger partial charge in [0, 0.05) is 6.20 Å². The molecule has 0 aliphatic carbocycles. The van der Waals surface area contributed by atoms with Crippen LogP contribution in [0.25, 0.3) is 0 Å². The van der Waals surface area contributed by atoms with Crippen LogP contribution in [0.5, 0.6) is 11.5 Å². The zero-order chi connectivity index (χ0) is 15.2. The molecule has 1 N–H and O–H groups in total. The van der Waals surface area contributed by atoms with Crippen LogP contribution in [0.15, 0.2) is 35.6 Å². The molecule has 0 fully saturated rings. The maximum atomic E-state index is 5.98. The van der Waals surface area contributed by atoms with Crippen molar-refractivity contribution in [3.8, 4) is 11.5 Å². The Morgan fingerprint density at radius 2 is 1.90 bits per heavy atom. The standard InChI is InChI=1S/C14H13Cl2N3O2/c1-20-12-4-3-9(5-13(12)21-2)7-18-19-14-11(16)6-10(15)8-17-14/h3-8H,1-2H3,(H,17,19)/b18-7-. The number of methoxy groups -OCH3 is 2. The van der Waals surface area contributed by atoms with Gasteiger partial charge in [0.05, 0.1) is 30.5 Å². The van der Waals surface area contributed by atoms with E-state index < -0.39 is 0 Å². The minimum Gasteiger partial charge on any atom is -0.493 e. The van der Waals surface area contributed by atoms with Gasteiger partial charge in [-0.15, -0.1) is 0 Å². The topological polar surface area (TPSA) is 55.7 Å². The number of anilines is 1. The highest BCUT2D eigenvalue weighted by Gasteiger charge is 2.03. The summed E-state index contributed by atoms with van der Waals surface area (Å²) >= 11 is 11.7. The monoisotopic (exact) mass is 325 g/mol. The first-order chi connectivity index (χ1) is 10.1. The van der Waals surface area contributed by atoms with Crippen molar-refractivity contribution in [1.82, 2.24) is 4.98 Å². The Balaban J connectivity index is 2.11. The highest BCUT2D eigenvalue weighted by Crippen LogP contribution is 2.27. The number of hydrogen-bond acceptors (Lipinski definition) is 5. The lowest BCUT2D eigenvalue weighted by Crippen LogP contribution is -1.95. The maximum absolute atomic E-state index is 5.98. The third-order valence-corrected chi connectivity index (χ3v) is 3.09. The van der Waals surface area contributed by atoms with Crippen LogP contribution in [-0.4, -0.2) is 25.4 Å². The van der Waals surface area contributed by atoms with E-state index in [4.69, 9.17) is 32.7 Å². The molecule has 0 unspecified atom stereocenters. The molecule has 0 bridgehead atoms. The summed E-state index contributed by atoms with van der Waals surface area (Å²) in [6.07, 6.45) is 3.11. The van der Waals surface area contributed by atoms with Gasteiger partial charge < -0.3 is 9.47 Å². The van der Waals surface area contributed by atoms with Gasteiger partial charge in [-0.25, -0.2) is 4.98 Å². The van der Waals surface area contributed by atoms with Crippen molar-refractivity contribution in [3.05, 3.63) is 46.1 Å². The molecule has 7 heteroatoms. The van der Waals surface area contributed by atoms with Crippen molar-refractivity contribution in [2.24, 2.45) is 5.10 Å². The first-order valence-corrected chi connectivity index (χ1v) is 6.71. The number of benzene rings is 1. The van der Waals surface area contributed by atoms with Gasteiger partial charge in [0.15, 0.2) is 17.3 Å². The Morgan fingerprint density at radius 1 is 1.14 bits per heavy atom. The average Bonchev–Trinajstić information content (AvgIpc) is 2.49. The first-order valence-electron chi connectivity index (χ1n) is 5.96. The van der Waals surface area contributed by atoms with E-state index in [9.17, 15) is 0 Å². The number of pyridine rings is 1. The van der Waals surface area contributed by atoms with E-state index in [-0.39, 0.29) is 0 Å². The molecule has 110 valence electrons. The summed E-state index contributed by atoms with van der Waals surface area (Å²) in [4.78, 5) is 4.04. The van der Waals surface area contributed by atoms with Crippen molar-refractivity contribution in [2.75, 3.05) is 19.6 Å². The van der Waals surface area contributed by atoms with Gasteiger partial charge in [-0.3, -0.25) is 5.43 Å². The smallest absolute Gasteiger partial charge is 0.165 e. The molecule has 0 saturated carbocycles. The zero-order valence-electron chi connectivity index (χ0n) is 11.4. The van der Waals surface area contributed by atoms with Crippen LogP contribution >= 0.6 is 23.2 Å². The van der Waals surface area contributed by atoms with Crippen molar-refractivity contribution >= 4 is 35.2 Å². The van der Waals surface area contributed by atoms with Crippen LogP contribution in [0.4, 0.5) is 5.82 Å².